The maximum Gasteiger partial charge on any atom is 0.255 e. The predicted molar refractivity (Wildman–Crippen MR) is 107 cm³/mol. The molecule has 2 aromatic rings. The minimum Gasteiger partial charge on any atom is -0.607 e. The molecule has 4 heterocycles. The van der Waals surface area contributed by atoms with Gasteiger partial charge < -0.3 is 15.0 Å². The van der Waals surface area contributed by atoms with E-state index in [0.717, 1.165) is 68.1 Å². The maximum atomic E-state index is 12.8. The first-order chi connectivity index (χ1) is 13.7. The summed E-state index contributed by atoms with van der Waals surface area (Å²) in [6, 6.07) is 7.77. The van der Waals surface area contributed by atoms with E-state index >= 15 is 0 Å². The topological polar surface area (TPSA) is 88.0 Å². The Balaban J connectivity index is 1.43. The van der Waals surface area contributed by atoms with Gasteiger partial charge in [-0.1, -0.05) is 5.53 Å². The Labute approximate surface area is 163 Å². The molecule has 1 unspecified atom stereocenters. The van der Waals surface area contributed by atoms with Crippen molar-refractivity contribution in [3.05, 3.63) is 46.8 Å². The number of hydrogen-bond donors (Lipinski definition) is 3. The number of anilines is 3. The molecule has 0 bridgehead atoms. The molecule has 0 radical (unpaired) electrons. The van der Waals surface area contributed by atoms with Gasteiger partial charge in [-0.15, -0.1) is 0 Å². The van der Waals surface area contributed by atoms with Gasteiger partial charge in [0.1, 0.15) is 11.5 Å². The summed E-state index contributed by atoms with van der Waals surface area (Å²) in [6.07, 6.45) is 7.01. The van der Waals surface area contributed by atoms with Gasteiger partial charge in [0.15, 0.2) is 5.69 Å². The molecule has 5 rings (SSSR count). The molecule has 146 valence electrons. The number of nitrogens with one attached hydrogen (secondary N) is 3. The highest BCUT2D eigenvalue weighted by atomic mass is 16.6. The first-order valence-corrected chi connectivity index (χ1v) is 9.97. The van der Waals surface area contributed by atoms with E-state index in [1.54, 1.807) is 6.20 Å². The number of pyridine rings is 1. The number of carbonyl (C=O) groups is 1. The number of aromatic nitrogens is 1. The van der Waals surface area contributed by atoms with E-state index in [0.29, 0.717) is 11.3 Å². The number of likely N-dealkylation sites (tertiary alicyclic amines) is 1. The van der Waals surface area contributed by atoms with Crippen LogP contribution in [-0.4, -0.2) is 35.4 Å². The number of hydrogen-bond acceptors (Lipinski definition) is 6. The fourth-order valence-electron chi connectivity index (χ4n) is 4.30. The number of fused-ring (bicyclic) bond motifs is 2. The quantitative estimate of drug-likeness (QED) is 0.687. The second-order valence-corrected chi connectivity index (χ2v) is 7.62. The molecule has 1 amide bonds. The summed E-state index contributed by atoms with van der Waals surface area (Å²) >= 11 is 0. The lowest BCUT2D eigenvalue weighted by molar-refractivity contribution is -0.818. The zero-order valence-corrected chi connectivity index (χ0v) is 15.7. The van der Waals surface area contributed by atoms with Gasteiger partial charge in [-0.3, -0.25) is 10.2 Å². The van der Waals surface area contributed by atoms with Crippen molar-refractivity contribution in [1.29, 1.82) is 0 Å². The summed E-state index contributed by atoms with van der Waals surface area (Å²) in [5.74, 6) is 0.997. The number of amides is 1. The van der Waals surface area contributed by atoms with E-state index in [4.69, 9.17) is 0 Å². The third-order valence-electron chi connectivity index (χ3n) is 5.79. The molecule has 3 aliphatic rings. The molecule has 0 spiro atoms. The largest absolute Gasteiger partial charge is 0.607 e. The zero-order valence-electron chi connectivity index (χ0n) is 15.7. The molecular formula is C20H24N6O2. The number of aryl methyl sites for hydroxylation is 1. The van der Waals surface area contributed by atoms with Crippen LogP contribution in [0.15, 0.2) is 30.5 Å². The van der Waals surface area contributed by atoms with Crippen molar-refractivity contribution in [2.75, 3.05) is 30.0 Å². The molecule has 28 heavy (non-hydrogen) atoms. The van der Waals surface area contributed by atoms with Crippen LogP contribution in [0.3, 0.4) is 0 Å². The van der Waals surface area contributed by atoms with Gasteiger partial charge in [-0.25, -0.2) is 10.2 Å². The molecule has 1 fully saturated rings. The van der Waals surface area contributed by atoms with Crippen LogP contribution in [0.2, 0.25) is 0 Å². The van der Waals surface area contributed by atoms with Crippen molar-refractivity contribution >= 4 is 28.8 Å². The molecule has 0 aliphatic carbocycles. The Morgan fingerprint density at radius 2 is 1.96 bits per heavy atom. The SMILES string of the molecule is O=C(c1cnc2c(c1)CCCN2c1ccc2c(c1)NN[NH+]2[O-])N1CCCCC1. The molecule has 1 aromatic heterocycles. The van der Waals surface area contributed by atoms with Crippen LogP contribution in [0.4, 0.5) is 22.9 Å². The standard InChI is InChI=1S/C20H24N6O2/c27-20(24-8-2-1-3-9-24)15-11-14-5-4-10-25(19(14)21-13-15)16-6-7-18-17(12-16)22-23-26(18)28/h6-7,11-13,22-23,26H,1-5,8-10H2. The van der Waals surface area contributed by atoms with E-state index in [2.05, 4.69) is 20.8 Å². The molecule has 3 N–H and O–H groups in total. The second-order valence-electron chi connectivity index (χ2n) is 7.62. The molecule has 3 aliphatic heterocycles. The van der Waals surface area contributed by atoms with E-state index in [1.165, 1.54) is 6.42 Å². The van der Waals surface area contributed by atoms with Crippen LogP contribution in [0.25, 0.3) is 0 Å². The fraction of sp³-hybridized carbons (Fsp3) is 0.400. The first-order valence-electron chi connectivity index (χ1n) is 9.97. The third-order valence-corrected chi connectivity index (χ3v) is 5.79. The second kappa shape index (κ2) is 7.05. The van der Waals surface area contributed by atoms with E-state index in [-0.39, 0.29) is 11.1 Å². The van der Waals surface area contributed by atoms with Gasteiger partial charge in [-0.05, 0) is 55.9 Å². The number of rotatable bonds is 2. The summed E-state index contributed by atoms with van der Waals surface area (Å²) in [7, 11) is 0. The van der Waals surface area contributed by atoms with Crippen LogP contribution in [0.1, 0.15) is 41.6 Å². The van der Waals surface area contributed by atoms with E-state index in [1.807, 2.05) is 29.2 Å². The van der Waals surface area contributed by atoms with Crippen molar-refractivity contribution in [2.24, 2.45) is 0 Å². The van der Waals surface area contributed by atoms with Crippen LogP contribution in [-0.2, 0) is 6.42 Å². The van der Waals surface area contributed by atoms with Crippen LogP contribution >= 0.6 is 0 Å². The number of quaternary nitrogens is 1. The minimum atomic E-state index is -0.111. The third kappa shape index (κ3) is 2.99. The molecule has 1 atom stereocenters. The molecule has 8 heteroatoms. The van der Waals surface area contributed by atoms with Crippen molar-refractivity contribution in [2.45, 2.75) is 32.1 Å². The highest BCUT2D eigenvalue weighted by Gasteiger charge is 2.26. The Kier molecular flexibility index (Phi) is 4.38. The Morgan fingerprint density at radius 3 is 2.82 bits per heavy atom. The number of nitrogens with zero attached hydrogens (tertiary/aromatic N) is 3. The monoisotopic (exact) mass is 380 g/mol. The van der Waals surface area contributed by atoms with Crippen LogP contribution in [0.5, 0.6) is 0 Å². The number of carbonyl (C=O) groups excluding carboxylic acids is 1. The summed E-state index contributed by atoms with van der Waals surface area (Å²) < 4.78 is 0. The highest BCUT2D eigenvalue weighted by molar-refractivity contribution is 5.94. The smallest absolute Gasteiger partial charge is 0.255 e. The first kappa shape index (κ1) is 17.4. The normalized spacial score (nSPS) is 21.1. The van der Waals surface area contributed by atoms with Crippen molar-refractivity contribution < 1.29 is 9.97 Å². The summed E-state index contributed by atoms with van der Waals surface area (Å²) in [5, 5.41) is 11.6. The Bertz CT molecular complexity index is 912. The number of hydrazine groups is 1. The van der Waals surface area contributed by atoms with E-state index in [9.17, 15) is 10.0 Å². The van der Waals surface area contributed by atoms with Gasteiger partial charge in [0, 0.05) is 37.6 Å². The summed E-state index contributed by atoms with van der Waals surface area (Å²) in [4.78, 5) is 21.6. The molecule has 0 saturated carbocycles. The molecule has 8 nitrogen and oxygen atoms in total. The van der Waals surface area contributed by atoms with Crippen LogP contribution < -0.4 is 21.0 Å². The average Bonchev–Trinajstić information content (AvgIpc) is 3.13. The Morgan fingerprint density at radius 1 is 1.11 bits per heavy atom. The summed E-state index contributed by atoms with van der Waals surface area (Å²) in [5.41, 5.74) is 9.76. The van der Waals surface area contributed by atoms with E-state index < -0.39 is 0 Å². The number of benzene rings is 1. The lowest BCUT2D eigenvalue weighted by Gasteiger charge is -2.31. The van der Waals surface area contributed by atoms with Crippen molar-refractivity contribution in [3.8, 4) is 0 Å². The zero-order chi connectivity index (χ0) is 19.1. The average molecular weight is 380 g/mol. The van der Waals surface area contributed by atoms with Crippen molar-refractivity contribution in [3.63, 3.8) is 0 Å². The lowest BCUT2D eigenvalue weighted by atomic mass is 10.0. The van der Waals surface area contributed by atoms with Gasteiger partial charge in [0.05, 0.1) is 5.56 Å². The molecular weight excluding hydrogens is 356 g/mol. The van der Waals surface area contributed by atoms with Gasteiger partial charge >= 0.3 is 0 Å². The Hall–Kier alpha value is -2.68. The van der Waals surface area contributed by atoms with Gasteiger partial charge in [0.25, 0.3) is 5.91 Å². The highest BCUT2D eigenvalue weighted by Crippen LogP contribution is 2.35. The fourth-order valence-corrected chi connectivity index (χ4v) is 4.30. The maximum absolute atomic E-state index is 12.8. The van der Waals surface area contributed by atoms with Crippen LogP contribution in [0, 0.1) is 5.21 Å². The predicted octanol–water partition coefficient (Wildman–Crippen LogP) is 1.65. The number of piperidine rings is 1. The summed E-state index contributed by atoms with van der Waals surface area (Å²) in [6.45, 7) is 2.55. The lowest BCUT2D eigenvalue weighted by Crippen LogP contribution is -3.08. The molecule has 1 aromatic carbocycles. The minimum absolute atomic E-state index is 0.0958. The van der Waals surface area contributed by atoms with Gasteiger partial charge in [-0.2, -0.15) is 0 Å². The molecule has 1 saturated heterocycles. The van der Waals surface area contributed by atoms with Gasteiger partial charge in [0.2, 0.25) is 0 Å². The van der Waals surface area contributed by atoms with Crippen molar-refractivity contribution in [1.82, 2.24) is 15.4 Å².